The molecule has 3 heteroatoms. The first-order valence-corrected chi connectivity index (χ1v) is 7.29. The Labute approximate surface area is 104 Å². The average Bonchev–Trinajstić information content (AvgIpc) is 2.80. The lowest BCUT2D eigenvalue weighted by molar-refractivity contribution is -0.226. The van der Waals surface area contributed by atoms with Crippen molar-refractivity contribution in [2.75, 3.05) is 13.2 Å². The first kappa shape index (κ1) is 13.3. The summed E-state index contributed by atoms with van der Waals surface area (Å²) in [6.45, 7) is 1.27. The van der Waals surface area contributed by atoms with E-state index < -0.39 is 11.9 Å². The second-order valence-corrected chi connectivity index (χ2v) is 5.39. The Bertz CT molecular complexity index is 212. The molecule has 3 nitrogen and oxygen atoms in total. The SMILES string of the molecule is OC1CCCCCCCCCCC12OCCO2. The van der Waals surface area contributed by atoms with Gasteiger partial charge in [0.05, 0.1) is 13.2 Å². The molecule has 2 fully saturated rings. The van der Waals surface area contributed by atoms with E-state index in [1.165, 1.54) is 38.5 Å². The van der Waals surface area contributed by atoms with E-state index in [9.17, 15) is 5.11 Å². The van der Waals surface area contributed by atoms with Crippen LogP contribution in [-0.4, -0.2) is 30.2 Å². The predicted octanol–water partition coefficient (Wildman–Crippen LogP) is 3.01. The number of aliphatic hydroxyl groups is 1. The zero-order valence-electron chi connectivity index (χ0n) is 10.8. The van der Waals surface area contributed by atoms with Crippen LogP contribution in [0.4, 0.5) is 0 Å². The van der Waals surface area contributed by atoms with Gasteiger partial charge in [-0.15, -0.1) is 0 Å². The molecule has 0 aromatic heterocycles. The summed E-state index contributed by atoms with van der Waals surface area (Å²) in [5, 5.41) is 10.3. The molecule has 1 aliphatic heterocycles. The van der Waals surface area contributed by atoms with Crippen LogP contribution >= 0.6 is 0 Å². The summed E-state index contributed by atoms with van der Waals surface area (Å²) in [5.74, 6) is -0.667. The number of rotatable bonds is 0. The molecule has 100 valence electrons. The minimum Gasteiger partial charge on any atom is -0.388 e. The summed E-state index contributed by atoms with van der Waals surface area (Å²) in [5.41, 5.74) is 0. The Morgan fingerprint density at radius 3 is 1.94 bits per heavy atom. The molecule has 1 aliphatic carbocycles. The third kappa shape index (κ3) is 3.67. The molecule has 2 aliphatic rings. The molecule has 1 saturated carbocycles. The van der Waals surface area contributed by atoms with Gasteiger partial charge in [-0.3, -0.25) is 0 Å². The van der Waals surface area contributed by atoms with Gasteiger partial charge in [0.15, 0.2) is 5.79 Å². The van der Waals surface area contributed by atoms with Gasteiger partial charge in [-0.2, -0.15) is 0 Å². The Hall–Kier alpha value is -0.120. The van der Waals surface area contributed by atoms with E-state index in [1.807, 2.05) is 0 Å². The summed E-state index contributed by atoms with van der Waals surface area (Å²) < 4.78 is 11.5. The number of ether oxygens (including phenoxy) is 2. The van der Waals surface area contributed by atoms with Crippen LogP contribution in [-0.2, 0) is 9.47 Å². The van der Waals surface area contributed by atoms with E-state index in [-0.39, 0.29) is 0 Å². The van der Waals surface area contributed by atoms with Crippen LogP contribution in [0.25, 0.3) is 0 Å². The monoisotopic (exact) mass is 242 g/mol. The maximum atomic E-state index is 10.3. The summed E-state index contributed by atoms with van der Waals surface area (Å²) in [4.78, 5) is 0. The Morgan fingerprint density at radius 2 is 1.29 bits per heavy atom. The van der Waals surface area contributed by atoms with Crippen LogP contribution in [0.1, 0.15) is 64.2 Å². The van der Waals surface area contributed by atoms with Gasteiger partial charge in [0.1, 0.15) is 6.10 Å². The van der Waals surface area contributed by atoms with Crippen molar-refractivity contribution in [1.82, 2.24) is 0 Å². The highest BCUT2D eigenvalue weighted by molar-refractivity contribution is 4.83. The highest BCUT2D eigenvalue weighted by atomic mass is 16.7. The molecule has 0 aromatic carbocycles. The van der Waals surface area contributed by atoms with Crippen molar-refractivity contribution < 1.29 is 14.6 Å². The molecule has 1 atom stereocenters. The Kier molecular flexibility index (Phi) is 5.26. The van der Waals surface area contributed by atoms with Crippen molar-refractivity contribution in [1.29, 1.82) is 0 Å². The van der Waals surface area contributed by atoms with Gasteiger partial charge < -0.3 is 14.6 Å². The Balaban J connectivity index is 1.90. The molecule has 1 saturated heterocycles. The number of hydrogen-bond donors (Lipinski definition) is 1. The molecule has 17 heavy (non-hydrogen) atoms. The van der Waals surface area contributed by atoms with Crippen LogP contribution in [0.15, 0.2) is 0 Å². The largest absolute Gasteiger partial charge is 0.388 e. The van der Waals surface area contributed by atoms with E-state index in [0.717, 1.165) is 25.7 Å². The molecule has 1 heterocycles. The fourth-order valence-electron chi connectivity index (χ4n) is 2.96. The van der Waals surface area contributed by atoms with E-state index >= 15 is 0 Å². The highest BCUT2D eigenvalue weighted by Gasteiger charge is 2.42. The van der Waals surface area contributed by atoms with Gasteiger partial charge in [-0.05, 0) is 12.8 Å². The molecule has 0 radical (unpaired) electrons. The standard InChI is InChI=1S/C14H26O3/c15-13-9-7-5-3-1-2-4-6-8-10-14(13)16-11-12-17-14/h13,15H,1-12H2. The smallest absolute Gasteiger partial charge is 0.194 e. The summed E-state index contributed by atoms with van der Waals surface area (Å²) in [6, 6.07) is 0. The maximum Gasteiger partial charge on any atom is 0.194 e. The Morgan fingerprint density at radius 1 is 0.765 bits per heavy atom. The maximum absolute atomic E-state index is 10.3. The van der Waals surface area contributed by atoms with Crippen LogP contribution in [0.2, 0.25) is 0 Å². The zero-order valence-corrected chi connectivity index (χ0v) is 10.8. The van der Waals surface area contributed by atoms with Gasteiger partial charge in [0.2, 0.25) is 0 Å². The molecule has 0 aromatic rings. The third-order valence-electron chi connectivity index (χ3n) is 4.04. The van der Waals surface area contributed by atoms with Gasteiger partial charge in [-0.25, -0.2) is 0 Å². The van der Waals surface area contributed by atoms with Crippen LogP contribution < -0.4 is 0 Å². The van der Waals surface area contributed by atoms with Crippen molar-refractivity contribution in [2.45, 2.75) is 76.1 Å². The lowest BCUT2D eigenvalue weighted by Crippen LogP contribution is -2.43. The lowest BCUT2D eigenvalue weighted by atomic mass is 9.95. The predicted molar refractivity (Wildman–Crippen MR) is 66.8 cm³/mol. The van der Waals surface area contributed by atoms with Gasteiger partial charge in [0, 0.05) is 6.42 Å². The zero-order chi connectivity index (χ0) is 12.0. The van der Waals surface area contributed by atoms with E-state index in [0.29, 0.717) is 13.2 Å². The molecule has 1 N–H and O–H groups in total. The quantitative estimate of drug-likeness (QED) is 0.709. The average molecular weight is 242 g/mol. The fourth-order valence-corrected chi connectivity index (χ4v) is 2.96. The topological polar surface area (TPSA) is 38.7 Å². The highest BCUT2D eigenvalue weighted by Crippen LogP contribution is 2.32. The fraction of sp³-hybridized carbons (Fsp3) is 1.00. The first-order chi connectivity index (χ1) is 8.33. The second kappa shape index (κ2) is 6.72. The first-order valence-electron chi connectivity index (χ1n) is 7.29. The van der Waals surface area contributed by atoms with Gasteiger partial charge in [0.25, 0.3) is 0 Å². The van der Waals surface area contributed by atoms with Crippen molar-refractivity contribution in [3.05, 3.63) is 0 Å². The molecular formula is C14H26O3. The molecule has 2 rings (SSSR count). The van der Waals surface area contributed by atoms with E-state index in [2.05, 4.69) is 0 Å². The summed E-state index contributed by atoms with van der Waals surface area (Å²) in [7, 11) is 0. The van der Waals surface area contributed by atoms with Crippen LogP contribution in [0.3, 0.4) is 0 Å². The lowest BCUT2D eigenvalue weighted by Gasteiger charge is -2.32. The van der Waals surface area contributed by atoms with Crippen molar-refractivity contribution in [3.63, 3.8) is 0 Å². The molecule has 0 amide bonds. The van der Waals surface area contributed by atoms with Gasteiger partial charge >= 0.3 is 0 Å². The van der Waals surface area contributed by atoms with Crippen molar-refractivity contribution in [2.24, 2.45) is 0 Å². The molecular weight excluding hydrogens is 216 g/mol. The summed E-state index contributed by atoms with van der Waals surface area (Å²) in [6.07, 6.45) is 11.2. The van der Waals surface area contributed by atoms with E-state index in [4.69, 9.17) is 9.47 Å². The minimum atomic E-state index is -0.667. The van der Waals surface area contributed by atoms with Crippen LogP contribution in [0.5, 0.6) is 0 Å². The molecule has 0 bridgehead atoms. The number of aliphatic hydroxyl groups excluding tert-OH is 1. The second-order valence-electron chi connectivity index (χ2n) is 5.39. The number of hydrogen-bond acceptors (Lipinski definition) is 3. The third-order valence-corrected chi connectivity index (χ3v) is 4.04. The molecule has 1 unspecified atom stereocenters. The minimum absolute atomic E-state index is 0.440. The van der Waals surface area contributed by atoms with Crippen molar-refractivity contribution in [3.8, 4) is 0 Å². The van der Waals surface area contributed by atoms with E-state index in [1.54, 1.807) is 0 Å². The van der Waals surface area contributed by atoms with Crippen molar-refractivity contribution >= 4 is 0 Å². The van der Waals surface area contributed by atoms with Crippen LogP contribution in [0, 0.1) is 0 Å². The van der Waals surface area contributed by atoms with Gasteiger partial charge in [-0.1, -0.05) is 44.9 Å². The summed E-state index contributed by atoms with van der Waals surface area (Å²) >= 11 is 0. The normalized spacial score (nSPS) is 31.9. The molecule has 1 spiro atoms.